The Bertz CT molecular complexity index is 1240. The SMILES string of the molecule is Cc1cc(/C=c2\s/c(=C/c3nc4ccccc4s3)[nH]c2=O)cc(C)c1O. The van der Waals surface area contributed by atoms with Crippen molar-refractivity contribution in [3.05, 3.63) is 77.6 Å². The number of hydrogen-bond acceptors (Lipinski definition) is 5. The van der Waals surface area contributed by atoms with Crippen molar-refractivity contribution < 1.29 is 5.11 Å². The van der Waals surface area contributed by atoms with E-state index in [2.05, 4.69) is 9.97 Å². The number of aromatic amines is 1. The number of thiazole rings is 2. The van der Waals surface area contributed by atoms with E-state index in [0.29, 0.717) is 10.3 Å². The molecule has 0 aliphatic carbocycles. The zero-order valence-electron chi connectivity index (χ0n) is 14.2. The number of H-pyrrole nitrogens is 1. The molecule has 0 unspecified atom stereocenters. The van der Waals surface area contributed by atoms with Crippen molar-refractivity contribution in [2.24, 2.45) is 0 Å². The zero-order valence-corrected chi connectivity index (χ0v) is 15.9. The van der Waals surface area contributed by atoms with Crippen LogP contribution in [0.2, 0.25) is 0 Å². The van der Waals surface area contributed by atoms with E-state index in [9.17, 15) is 9.90 Å². The Morgan fingerprint density at radius 1 is 1.08 bits per heavy atom. The van der Waals surface area contributed by atoms with Crippen LogP contribution < -0.4 is 14.8 Å². The van der Waals surface area contributed by atoms with Gasteiger partial charge in [0.2, 0.25) is 0 Å². The number of para-hydroxylation sites is 1. The summed E-state index contributed by atoms with van der Waals surface area (Å²) < 4.78 is 2.52. The number of hydrogen-bond donors (Lipinski definition) is 2. The van der Waals surface area contributed by atoms with E-state index in [1.807, 2.05) is 62.4 Å². The molecule has 0 radical (unpaired) electrons. The summed E-state index contributed by atoms with van der Waals surface area (Å²) in [7, 11) is 0. The van der Waals surface area contributed by atoms with Gasteiger partial charge in [-0.25, -0.2) is 4.98 Å². The molecule has 0 aliphatic rings. The smallest absolute Gasteiger partial charge is 0.266 e. The van der Waals surface area contributed by atoms with Gasteiger partial charge in [-0.3, -0.25) is 4.79 Å². The molecule has 2 heterocycles. The number of rotatable bonds is 2. The third-order valence-corrected chi connectivity index (χ3v) is 6.00. The van der Waals surface area contributed by atoms with Gasteiger partial charge in [0, 0.05) is 6.08 Å². The van der Waals surface area contributed by atoms with Gasteiger partial charge in [0.05, 0.1) is 19.4 Å². The quantitative estimate of drug-likeness (QED) is 0.562. The molecule has 130 valence electrons. The lowest BCUT2D eigenvalue weighted by atomic mass is 10.1. The van der Waals surface area contributed by atoms with E-state index in [1.165, 1.54) is 11.3 Å². The molecule has 26 heavy (non-hydrogen) atoms. The van der Waals surface area contributed by atoms with Gasteiger partial charge in [-0.05, 0) is 60.9 Å². The first-order chi connectivity index (χ1) is 12.5. The van der Waals surface area contributed by atoms with Gasteiger partial charge in [0.25, 0.3) is 5.56 Å². The number of phenols is 1. The third-order valence-electron chi connectivity index (χ3n) is 4.06. The summed E-state index contributed by atoms with van der Waals surface area (Å²) in [5, 5.41) is 10.8. The molecule has 0 amide bonds. The van der Waals surface area contributed by atoms with E-state index < -0.39 is 0 Å². The average Bonchev–Trinajstić information content (AvgIpc) is 3.15. The number of nitrogens with zero attached hydrogens (tertiary/aromatic N) is 1. The molecular formula is C20H16N2O2S2. The average molecular weight is 380 g/mol. The molecule has 0 atom stereocenters. The number of aromatic nitrogens is 2. The first kappa shape index (κ1) is 16.8. The van der Waals surface area contributed by atoms with Gasteiger partial charge in [0.1, 0.15) is 10.8 Å². The molecule has 4 aromatic rings. The van der Waals surface area contributed by atoms with Crippen LogP contribution in [0.4, 0.5) is 0 Å². The summed E-state index contributed by atoms with van der Waals surface area (Å²) in [4.78, 5) is 19.7. The Balaban J connectivity index is 1.79. The standard InChI is InChI=1S/C20H16N2O2S2/c1-11-7-13(8-12(2)19(11)23)9-16-20(24)22-18(26-16)10-17-21-14-5-3-4-6-15(14)25-17/h3-10,23H,1-2H3,(H,22,24)/b16-9-,18-10+. The number of fused-ring (bicyclic) bond motifs is 1. The largest absolute Gasteiger partial charge is 0.507 e. The fourth-order valence-electron chi connectivity index (χ4n) is 2.81. The second-order valence-corrected chi connectivity index (χ2v) is 8.24. The molecular weight excluding hydrogens is 364 g/mol. The second-order valence-electron chi connectivity index (χ2n) is 6.10. The first-order valence-electron chi connectivity index (χ1n) is 8.08. The molecule has 0 bridgehead atoms. The molecule has 2 N–H and O–H groups in total. The van der Waals surface area contributed by atoms with Crippen molar-refractivity contribution >= 4 is 45.0 Å². The molecule has 0 saturated carbocycles. The van der Waals surface area contributed by atoms with E-state index in [1.54, 1.807) is 11.3 Å². The summed E-state index contributed by atoms with van der Waals surface area (Å²) >= 11 is 3.00. The maximum absolute atomic E-state index is 12.3. The Hall–Kier alpha value is -2.70. The fraction of sp³-hybridized carbons (Fsp3) is 0.100. The van der Waals surface area contributed by atoms with Gasteiger partial charge in [0.15, 0.2) is 0 Å². The Morgan fingerprint density at radius 2 is 1.81 bits per heavy atom. The highest BCUT2D eigenvalue weighted by molar-refractivity contribution is 7.19. The molecule has 0 aliphatic heterocycles. The van der Waals surface area contributed by atoms with Gasteiger partial charge in [-0.15, -0.1) is 22.7 Å². The molecule has 0 spiro atoms. The Morgan fingerprint density at radius 3 is 2.54 bits per heavy atom. The van der Waals surface area contributed by atoms with Gasteiger partial charge >= 0.3 is 0 Å². The molecule has 2 aromatic carbocycles. The monoisotopic (exact) mass is 380 g/mol. The maximum atomic E-state index is 12.3. The van der Waals surface area contributed by atoms with Crippen molar-refractivity contribution in [2.45, 2.75) is 13.8 Å². The normalized spacial score (nSPS) is 13.0. The number of benzene rings is 2. The number of nitrogens with one attached hydrogen (secondary N) is 1. The lowest BCUT2D eigenvalue weighted by Gasteiger charge is -2.04. The predicted octanol–water partition coefficient (Wildman–Crippen LogP) is 3.03. The lowest BCUT2D eigenvalue weighted by Crippen LogP contribution is -2.19. The molecule has 2 aromatic heterocycles. The Labute approximate surface area is 157 Å². The van der Waals surface area contributed by atoms with Crippen molar-refractivity contribution in [1.82, 2.24) is 9.97 Å². The molecule has 0 saturated heterocycles. The third kappa shape index (κ3) is 3.21. The minimum Gasteiger partial charge on any atom is -0.507 e. The second kappa shape index (κ2) is 6.55. The van der Waals surface area contributed by atoms with Crippen LogP contribution in [-0.4, -0.2) is 15.1 Å². The van der Waals surface area contributed by atoms with E-state index in [0.717, 1.165) is 36.6 Å². The number of phenolic OH excluding ortho intramolecular Hbond substituents is 1. The highest BCUT2D eigenvalue weighted by atomic mass is 32.1. The lowest BCUT2D eigenvalue weighted by molar-refractivity contribution is 0.467. The minimum absolute atomic E-state index is 0.120. The number of aryl methyl sites for hydroxylation is 2. The fourth-order valence-corrected chi connectivity index (χ4v) is 4.69. The van der Waals surface area contributed by atoms with Crippen LogP contribution in [0, 0.1) is 13.8 Å². The van der Waals surface area contributed by atoms with Gasteiger partial charge in [-0.1, -0.05) is 12.1 Å². The molecule has 0 fully saturated rings. The Kier molecular flexibility index (Phi) is 4.22. The van der Waals surface area contributed by atoms with E-state index in [-0.39, 0.29) is 5.56 Å². The van der Waals surface area contributed by atoms with Crippen LogP contribution in [0.3, 0.4) is 0 Å². The number of aromatic hydroxyl groups is 1. The maximum Gasteiger partial charge on any atom is 0.266 e. The minimum atomic E-state index is -0.120. The zero-order chi connectivity index (χ0) is 18.3. The van der Waals surface area contributed by atoms with Crippen LogP contribution in [0.1, 0.15) is 21.7 Å². The van der Waals surface area contributed by atoms with Crippen LogP contribution >= 0.6 is 22.7 Å². The van der Waals surface area contributed by atoms with Crippen LogP contribution in [0.25, 0.3) is 22.4 Å². The highest BCUT2D eigenvalue weighted by Crippen LogP contribution is 2.23. The van der Waals surface area contributed by atoms with Crippen molar-refractivity contribution in [3.63, 3.8) is 0 Å². The van der Waals surface area contributed by atoms with E-state index >= 15 is 0 Å². The molecule has 4 nitrogen and oxygen atoms in total. The summed E-state index contributed by atoms with van der Waals surface area (Å²) in [6.45, 7) is 3.70. The summed E-state index contributed by atoms with van der Waals surface area (Å²) in [6.07, 6.45) is 3.75. The van der Waals surface area contributed by atoms with E-state index in [4.69, 9.17) is 0 Å². The predicted molar refractivity (Wildman–Crippen MR) is 109 cm³/mol. The van der Waals surface area contributed by atoms with Crippen molar-refractivity contribution in [1.29, 1.82) is 0 Å². The topological polar surface area (TPSA) is 66.0 Å². The van der Waals surface area contributed by atoms with Crippen LogP contribution in [0.15, 0.2) is 41.2 Å². The summed E-state index contributed by atoms with van der Waals surface area (Å²) in [5.41, 5.74) is 3.34. The molecule has 6 heteroatoms. The van der Waals surface area contributed by atoms with Gasteiger partial charge in [-0.2, -0.15) is 0 Å². The van der Waals surface area contributed by atoms with Crippen LogP contribution in [0.5, 0.6) is 5.75 Å². The van der Waals surface area contributed by atoms with Crippen LogP contribution in [-0.2, 0) is 0 Å². The summed E-state index contributed by atoms with van der Waals surface area (Å²) in [5.74, 6) is 0.298. The van der Waals surface area contributed by atoms with Crippen molar-refractivity contribution in [3.8, 4) is 5.75 Å². The molecule has 4 rings (SSSR count). The van der Waals surface area contributed by atoms with Gasteiger partial charge < -0.3 is 10.1 Å². The first-order valence-corrected chi connectivity index (χ1v) is 9.71. The van der Waals surface area contributed by atoms with Crippen molar-refractivity contribution in [2.75, 3.05) is 0 Å². The highest BCUT2D eigenvalue weighted by Gasteiger charge is 2.04. The summed E-state index contributed by atoms with van der Waals surface area (Å²) in [6, 6.07) is 11.7.